The largest absolute Gasteiger partial charge is 0.376 e. The minimum atomic E-state index is 0.254. The molecule has 18 heavy (non-hydrogen) atoms. The number of rotatable bonds is 8. The van der Waals surface area contributed by atoms with E-state index in [0.29, 0.717) is 12.0 Å². The molecule has 0 spiro atoms. The summed E-state index contributed by atoms with van der Waals surface area (Å²) in [5.41, 5.74) is 6.22. The Balaban J connectivity index is 2.07. The van der Waals surface area contributed by atoms with Crippen LogP contribution in [0.4, 0.5) is 0 Å². The van der Waals surface area contributed by atoms with Gasteiger partial charge in [0, 0.05) is 12.6 Å². The number of hydrogen-bond acceptors (Lipinski definition) is 2. The van der Waals surface area contributed by atoms with Crippen molar-refractivity contribution in [3.05, 3.63) is 0 Å². The first-order valence-corrected chi connectivity index (χ1v) is 8.02. The van der Waals surface area contributed by atoms with Crippen molar-refractivity contribution in [2.24, 2.45) is 17.6 Å². The molecule has 1 rings (SSSR count). The van der Waals surface area contributed by atoms with Crippen molar-refractivity contribution < 1.29 is 4.74 Å². The Morgan fingerprint density at radius 3 is 2.33 bits per heavy atom. The summed E-state index contributed by atoms with van der Waals surface area (Å²) in [4.78, 5) is 0. The van der Waals surface area contributed by atoms with E-state index in [1.165, 1.54) is 44.9 Å². The molecule has 1 saturated carbocycles. The van der Waals surface area contributed by atoms with E-state index in [1.54, 1.807) is 0 Å². The van der Waals surface area contributed by atoms with E-state index in [2.05, 4.69) is 20.8 Å². The Labute approximate surface area is 114 Å². The second-order valence-corrected chi connectivity index (χ2v) is 6.32. The van der Waals surface area contributed by atoms with E-state index in [9.17, 15) is 0 Å². The summed E-state index contributed by atoms with van der Waals surface area (Å²) in [5.74, 6) is 1.40. The molecule has 2 heteroatoms. The molecule has 2 nitrogen and oxygen atoms in total. The number of unbranched alkanes of at least 4 members (excludes halogenated alkanes) is 5. The maximum Gasteiger partial charge on any atom is 0.0751 e. The maximum absolute atomic E-state index is 6.22. The summed E-state index contributed by atoms with van der Waals surface area (Å²) >= 11 is 0. The summed E-state index contributed by atoms with van der Waals surface area (Å²) in [6.45, 7) is 7.76. The third kappa shape index (κ3) is 5.71. The molecule has 1 aliphatic carbocycles. The fraction of sp³-hybridized carbons (Fsp3) is 1.00. The van der Waals surface area contributed by atoms with Crippen molar-refractivity contribution in [1.82, 2.24) is 0 Å². The lowest BCUT2D eigenvalue weighted by molar-refractivity contribution is -0.0296. The number of ether oxygens (including phenoxy) is 1. The van der Waals surface area contributed by atoms with E-state index in [-0.39, 0.29) is 6.04 Å². The second-order valence-electron chi connectivity index (χ2n) is 6.32. The minimum absolute atomic E-state index is 0.254. The lowest BCUT2D eigenvalue weighted by atomic mass is 9.78. The topological polar surface area (TPSA) is 35.2 Å². The molecular weight excluding hydrogens is 222 g/mol. The fourth-order valence-corrected chi connectivity index (χ4v) is 3.28. The predicted octanol–water partition coefficient (Wildman–Crippen LogP) is 4.13. The molecule has 108 valence electrons. The van der Waals surface area contributed by atoms with Crippen LogP contribution in [0.2, 0.25) is 0 Å². The van der Waals surface area contributed by atoms with E-state index < -0.39 is 0 Å². The first-order chi connectivity index (χ1) is 8.65. The van der Waals surface area contributed by atoms with Crippen molar-refractivity contribution >= 4 is 0 Å². The van der Waals surface area contributed by atoms with Crippen LogP contribution in [-0.4, -0.2) is 18.8 Å². The third-order valence-electron chi connectivity index (χ3n) is 4.24. The predicted molar refractivity (Wildman–Crippen MR) is 78.7 cm³/mol. The molecule has 2 N–H and O–H groups in total. The Bertz CT molecular complexity index is 195. The van der Waals surface area contributed by atoms with Gasteiger partial charge in [-0.25, -0.2) is 0 Å². The quantitative estimate of drug-likeness (QED) is 0.662. The van der Waals surface area contributed by atoms with Gasteiger partial charge in [-0.2, -0.15) is 0 Å². The highest BCUT2D eigenvalue weighted by atomic mass is 16.5. The molecule has 4 unspecified atom stereocenters. The molecule has 0 heterocycles. The number of hydrogen-bond donors (Lipinski definition) is 1. The first kappa shape index (κ1) is 16.0. The SMILES string of the molecule is CCCCCCCCOC1C(C)CC(C)CC1N. The summed E-state index contributed by atoms with van der Waals surface area (Å²) in [7, 11) is 0. The molecule has 0 aromatic rings. The standard InChI is InChI=1S/C16H33NO/c1-4-5-6-7-8-9-10-18-16-14(3)11-13(2)12-15(16)17/h13-16H,4-12,17H2,1-3H3. The summed E-state index contributed by atoms with van der Waals surface area (Å²) < 4.78 is 6.04. The molecule has 0 saturated heterocycles. The average Bonchev–Trinajstić information content (AvgIpc) is 2.30. The molecule has 4 atom stereocenters. The van der Waals surface area contributed by atoms with E-state index in [0.717, 1.165) is 18.9 Å². The van der Waals surface area contributed by atoms with Gasteiger partial charge in [-0.1, -0.05) is 52.9 Å². The van der Waals surface area contributed by atoms with Crippen LogP contribution >= 0.6 is 0 Å². The van der Waals surface area contributed by atoms with Crippen LogP contribution in [0.5, 0.6) is 0 Å². The zero-order valence-electron chi connectivity index (χ0n) is 12.7. The van der Waals surface area contributed by atoms with Crippen LogP contribution in [0, 0.1) is 11.8 Å². The van der Waals surface area contributed by atoms with Gasteiger partial charge in [-0.3, -0.25) is 0 Å². The Morgan fingerprint density at radius 2 is 1.67 bits per heavy atom. The smallest absolute Gasteiger partial charge is 0.0751 e. The van der Waals surface area contributed by atoms with Gasteiger partial charge in [0.15, 0.2) is 0 Å². The second kappa shape index (κ2) is 8.92. The zero-order chi connectivity index (χ0) is 13.4. The van der Waals surface area contributed by atoms with Crippen molar-refractivity contribution in [3.8, 4) is 0 Å². The van der Waals surface area contributed by atoms with Crippen LogP contribution in [0.1, 0.15) is 72.1 Å². The maximum atomic E-state index is 6.22. The Morgan fingerprint density at radius 1 is 1.00 bits per heavy atom. The van der Waals surface area contributed by atoms with Crippen LogP contribution < -0.4 is 5.73 Å². The average molecular weight is 255 g/mol. The summed E-state index contributed by atoms with van der Waals surface area (Å²) in [6.07, 6.45) is 10.7. The molecular formula is C16H33NO. The zero-order valence-corrected chi connectivity index (χ0v) is 12.7. The lowest BCUT2D eigenvalue weighted by Crippen LogP contribution is -2.46. The van der Waals surface area contributed by atoms with Gasteiger partial charge >= 0.3 is 0 Å². The van der Waals surface area contributed by atoms with Crippen molar-refractivity contribution in [2.75, 3.05) is 6.61 Å². The molecule has 0 aliphatic heterocycles. The molecule has 0 amide bonds. The molecule has 0 aromatic heterocycles. The molecule has 0 aromatic carbocycles. The van der Waals surface area contributed by atoms with Crippen LogP contribution in [0.3, 0.4) is 0 Å². The minimum Gasteiger partial charge on any atom is -0.376 e. The number of nitrogens with two attached hydrogens (primary N) is 1. The summed E-state index contributed by atoms with van der Waals surface area (Å²) in [6, 6.07) is 0.254. The molecule has 0 radical (unpaired) electrons. The Kier molecular flexibility index (Phi) is 7.92. The van der Waals surface area contributed by atoms with E-state index >= 15 is 0 Å². The van der Waals surface area contributed by atoms with Gasteiger partial charge in [0.25, 0.3) is 0 Å². The van der Waals surface area contributed by atoms with Gasteiger partial charge < -0.3 is 10.5 Å². The Hall–Kier alpha value is -0.0800. The van der Waals surface area contributed by atoms with Gasteiger partial charge in [0.2, 0.25) is 0 Å². The highest BCUT2D eigenvalue weighted by Gasteiger charge is 2.32. The highest BCUT2D eigenvalue weighted by molar-refractivity contribution is 4.86. The van der Waals surface area contributed by atoms with Crippen LogP contribution in [0.25, 0.3) is 0 Å². The fourth-order valence-electron chi connectivity index (χ4n) is 3.28. The van der Waals surface area contributed by atoms with Crippen molar-refractivity contribution in [1.29, 1.82) is 0 Å². The summed E-state index contributed by atoms with van der Waals surface area (Å²) in [5, 5.41) is 0. The molecule has 1 aliphatic rings. The van der Waals surface area contributed by atoms with Gasteiger partial charge in [-0.05, 0) is 31.1 Å². The third-order valence-corrected chi connectivity index (χ3v) is 4.24. The monoisotopic (exact) mass is 255 g/mol. The molecule has 0 bridgehead atoms. The highest BCUT2D eigenvalue weighted by Crippen LogP contribution is 2.30. The lowest BCUT2D eigenvalue weighted by Gasteiger charge is -2.37. The van der Waals surface area contributed by atoms with Crippen molar-refractivity contribution in [2.45, 2.75) is 84.3 Å². The van der Waals surface area contributed by atoms with Crippen LogP contribution in [-0.2, 0) is 4.74 Å². The first-order valence-electron chi connectivity index (χ1n) is 8.02. The van der Waals surface area contributed by atoms with Crippen molar-refractivity contribution in [3.63, 3.8) is 0 Å². The van der Waals surface area contributed by atoms with Gasteiger partial charge in [0.1, 0.15) is 0 Å². The van der Waals surface area contributed by atoms with E-state index in [4.69, 9.17) is 10.5 Å². The van der Waals surface area contributed by atoms with Gasteiger partial charge in [0.05, 0.1) is 6.10 Å². The van der Waals surface area contributed by atoms with Crippen LogP contribution in [0.15, 0.2) is 0 Å². The normalized spacial score (nSPS) is 32.7. The van der Waals surface area contributed by atoms with E-state index in [1.807, 2.05) is 0 Å². The molecule has 1 fully saturated rings. The van der Waals surface area contributed by atoms with Gasteiger partial charge in [-0.15, -0.1) is 0 Å².